The van der Waals surface area contributed by atoms with Crippen LogP contribution in [0.5, 0.6) is 0 Å². The third-order valence-corrected chi connectivity index (χ3v) is 2.04. The Morgan fingerprint density at radius 2 is 2.46 bits per heavy atom. The molecule has 1 heterocycles. The van der Waals surface area contributed by atoms with Crippen LogP contribution in [0.4, 0.5) is 0 Å². The van der Waals surface area contributed by atoms with E-state index in [0.717, 1.165) is 24.3 Å². The first-order valence-corrected chi connectivity index (χ1v) is 4.92. The van der Waals surface area contributed by atoms with Crippen LogP contribution in [-0.2, 0) is 11.3 Å². The normalized spacial score (nSPS) is 10.3. The van der Waals surface area contributed by atoms with Crippen LogP contribution in [0.3, 0.4) is 0 Å². The van der Waals surface area contributed by atoms with Gasteiger partial charge in [0.15, 0.2) is 0 Å². The summed E-state index contributed by atoms with van der Waals surface area (Å²) in [6.07, 6.45) is 1.79. The Kier molecular flexibility index (Phi) is 4.97. The quantitative estimate of drug-likeness (QED) is 0.631. The van der Waals surface area contributed by atoms with E-state index in [4.69, 9.17) is 4.74 Å². The lowest BCUT2D eigenvalue weighted by molar-refractivity contribution is 0.199. The lowest BCUT2D eigenvalue weighted by Crippen LogP contribution is -2.18. The standard InChI is InChI=1S/C9H13BrN2O/c1-13-5-4-11-7-8-2-3-12-9(10)6-8/h2-3,6,11H,4-5,7H2,1H3. The first kappa shape index (κ1) is 10.6. The number of pyridine rings is 1. The molecular weight excluding hydrogens is 232 g/mol. The Bertz CT molecular complexity index is 255. The van der Waals surface area contributed by atoms with Gasteiger partial charge in [-0.25, -0.2) is 4.98 Å². The highest BCUT2D eigenvalue weighted by Gasteiger charge is 1.93. The highest BCUT2D eigenvalue weighted by Crippen LogP contribution is 2.07. The lowest BCUT2D eigenvalue weighted by Gasteiger charge is -2.03. The predicted molar refractivity (Wildman–Crippen MR) is 55.5 cm³/mol. The van der Waals surface area contributed by atoms with Crippen molar-refractivity contribution in [2.24, 2.45) is 0 Å². The van der Waals surface area contributed by atoms with Gasteiger partial charge in [-0.3, -0.25) is 0 Å². The minimum atomic E-state index is 0.742. The largest absolute Gasteiger partial charge is 0.383 e. The second-order valence-corrected chi connectivity index (χ2v) is 3.47. The van der Waals surface area contributed by atoms with Crippen molar-refractivity contribution in [3.05, 3.63) is 28.5 Å². The number of hydrogen-bond acceptors (Lipinski definition) is 3. The van der Waals surface area contributed by atoms with E-state index in [1.54, 1.807) is 13.3 Å². The summed E-state index contributed by atoms with van der Waals surface area (Å²) < 4.78 is 5.79. The van der Waals surface area contributed by atoms with E-state index < -0.39 is 0 Å². The third-order valence-electron chi connectivity index (χ3n) is 1.60. The lowest BCUT2D eigenvalue weighted by atomic mass is 10.3. The van der Waals surface area contributed by atoms with E-state index in [9.17, 15) is 0 Å². The van der Waals surface area contributed by atoms with Crippen LogP contribution in [0.25, 0.3) is 0 Å². The summed E-state index contributed by atoms with van der Waals surface area (Å²) in [5.74, 6) is 0. The monoisotopic (exact) mass is 244 g/mol. The van der Waals surface area contributed by atoms with Gasteiger partial charge in [0.05, 0.1) is 6.61 Å². The molecule has 0 bridgehead atoms. The molecule has 0 radical (unpaired) electrons. The average molecular weight is 245 g/mol. The summed E-state index contributed by atoms with van der Waals surface area (Å²) in [4.78, 5) is 4.05. The zero-order valence-electron chi connectivity index (χ0n) is 7.59. The number of aromatic nitrogens is 1. The number of nitrogens with one attached hydrogen (secondary N) is 1. The van der Waals surface area contributed by atoms with E-state index >= 15 is 0 Å². The van der Waals surface area contributed by atoms with Crippen LogP contribution < -0.4 is 5.32 Å². The summed E-state index contributed by atoms with van der Waals surface area (Å²) >= 11 is 3.32. The van der Waals surface area contributed by atoms with Crippen molar-refractivity contribution in [3.8, 4) is 0 Å². The topological polar surface area (TPSA) is 34.1 Å². The smallest absolute Gasteiger partial charge is 0.106 e. The number of rotatable bonds is 5. The van der Waals surface area contributed by atoms with Gasteiger partial charge in [-0.15, -0.1) is 0 Å². The van der Waals surface area contributed by atoms with Crippen LogP contribution in [0.15, 0.2) is 22.9 Å². The Labute approximate surface area is 86.6 Å². The fraction of sp³-hybridized carbons (Fsp3) is 0.444. The predicted octanol–water partition coefficient (Wildman–Crippen LogP) is 1.58. The summed E-state index contributed by atoms with van der Waals surface area (Å²) in [5, 5.41) is 3.26. The molecule has 0 aliphatic heterocycles. The van der Waals surface area contributed by atoms with Crippen LogP contribution in [0.2, 0.25) is 0 Å². The van der Waals surface area contributed by atoms with Gasteiger partial charge in [-0.1, -0.05) is 0 Å². The molecule has 0 aliphatic rings. The van der Waals surface area contributed by atoms with Gasteiger partial charge in [0.25, 0.3) is 0 Å². The van der Waals surface area contributed by atoms with Gasteiger partial charge in [0, 0.05) is 26.4 Å². The van der Waals surface area contributed by atoms with Crippen LogP contribution >= 0.6 is 15.9 Å². The second kappa shape index (κ2) is 6.07. The molecule has 3 nitrogen and oxygen atoms in total. The van der Waals surface area contributed by atoms with Gasteiger partial charge in [0.2, 0.25) is 0 Å². The highest BCUT2D eigenvalue weighted by molar-refractivity contribution is 9.10. The van der Waals surface area contributed by atoms with E-state index in [1.165, 1.54) is 5.56 Å². The molecule has 13 heavy (non-hydrogen) atoms. The maximum absolute atomic E-state index is 4.92. The molecule has 0 atom stereocenters. The number of methoxy groups -OCH3 is 1. The van der Waals surface area contributed by atoms with Gasteiger partial charge < -0.3 is 10.1 Å². The minimum Gasteiger partial charge on any atom is -0.383 e. The molecule has 1 N–H and O–H groups in total. The summed E-state index contributed by atoms with van der Waals surface area (Å²) in [6, 6.07) is 3.99. The molecule has 1 aromatic heterocycles. The number of hydrogen-bond donors (Lipinski definition) is 1. The molecule has 4 heteroatoms. The summed E-state index contributed by atoms with van der Waals surface area (Å²) in [5.41, 5.74) is 1.22. The van der Waals surface area contributed by atoms with Crippen molar-refractivity contribution in [1.29, 1.82) is 0 Å². The number of nitrogens with zero attached hydrogens (tertiary/aromatic N) is 1. The molecule has 72 valence electrons. The fourth-order valence-electron chi connectivity index (χ4n) is 0.959. The molecule has 1 aromatic rings. The molecule has 0 spiro atoms. The van der Waals surface area contributed by atoms with Crippen LogP contribution in [0, 0.1) is 0 Å². The molecule has 0 amide bonds. The van der Waals surface area contributed by atoms with Crippen molar-refractivity contribution in [2.45, 2.75) is 6.54 Å². The summed E-state index contributed by atoms with van der Waals surface area (Å²) in [6.45, 7) is 2.47. The van der Waals surface area contributed by atoms with E-state index in [2.05, 4.69) is 26.2 Å². The third kappa shape index (κ3) is 4.36. The van der Waals surface area contributed by atoms with Crippen molar-refractivity contribution in [1.82, 2.24) is 10.3 Å². The molecule has 0 unspecified atom stereocenters. The highest BCUT2D eigenvalue weighted by atomic mass is 79.9. The molecule has 0 saturated carbocycles. The van der Waals surface area contributed by atoms with Crippen molar-refractivity contribution >= 4 is 15.9 Å². The van der Waals surface area contributed by atoms with Gasteiger partial charge >= 0.3 is 0 Å². The molecule has 0 aromatic carbocycles. The van der Waals surface area contributed by atoms with E-state index in [0.29, 0.717) is 0 Å². The minimum absolute atomic E-state index is 0.742. The van der Waals surface area contributed by atoms with Crippen molar-refractivity contribution < 1.29 is 4.74 Å². The SMILES string of the molecule is COCCNCc1ccnc(Br)c1. The molecule has 1 rings (SSSR count). The van der Waals surface area contributed by atoms with Crippen LogP contribution in [-0.4, -0.2) is 25.2 Å². The molecular formula is C9H13BrN2O. The Morgan fingerprint density at radius 1 is 1.62 bits per heavy atom. The van der Waals surface area contributed by atoms with Crippen molar-refractivity contribution in [2.75, 3.05) is 20.3 Å². The van der Waals surface area contributed by atoms with E-state index in [-0.39, 0.29) is 0 Å². The van der Waals surface area contributed by atoms with Gasteiger partial charge in [0.1, 0.15) is 4.60 Å². The zero-order valence-corrected chi connectivity index (χ0v) is 9.17. The Balaban J connectivity index is 2.28. The maximum Gasteiger partial charge on any atom is 0.106 e. The average Bonchev–Trinajstić information content (AvgIpc) is 2.13. The number of ether oxygens (including phenoxy) is 1. The van der Waals surface area contributed by atoms with Gasteiger partial charge in [-0.05, 0) is 33.6 Å². The molecule has 0 saturated heterocycles. The number of halogens is 1. The van der Waals surface area contributed by atoms with Crippen LogP contribution in [0.1, 0.15) is 5.56 Å². The first-order valence-electron chi connectivity index (χ1n) is 4.13. The molecule has 0 fully saturated rings. The fourth-order valence-corrected chi connectivity index (χ4v) is 1.37. The Hall–Kier alpha value is -0.450. The van der Waals surface area contributed by atoms with Gasteiger partial charge in [-0.2, -0.15) is 0 Å². The zero-order chi connectivity index (χ0) is 9.52. The van der Waals surface area contributed by atoms with Crippen molar-refractivity contribution in [3.63, 3.8) is 0 Å². The summed E-state index contributed by atoms with van der Waals surface area (Å²) in [7, 11) is 1.70. The first-order chi connectivity index (χ1) is 6.33. The van der Waals surface area contributed by atoms with E-state index in [1.807, 2.05) is 12.1 Å². The second-order valence-electron chi connectivity index (χ2n) is 2.66. The Morgan fingerprint density at radius 3 is 3.15 bits per heavy atom. The maximum atomic E-state index is 4.92. The molecule has 0 aliphatic carbocycles.